The lowest BCUT2D eigenvalue weighted by molar-refractivity contribution is -0.576. The van der Waals surface area contributed by atoms with Gasteiger partial charge in [-0.1, -0.05) is 79.4 Å². The highest BCUT2D eigenvalue weighted by Crippen LogP contribution is 2.67. The van der Waals surface area contributed by atoms with Crippen molar-refractivity contribution in [2.24, 2.45) is 70.0 Å². The third-order valence-corrected chi connectivity index (χ3v) is 17.4. The van der Waals surface area contributed by atoms with Crippen LogP contribution in [0.4, 0.5) is 0 Å². The number of esters is 2. The van der Waals surface area contributed by atoms with Gasteiger partial charge in [-0.3, -0.25) is 9.59 Å². The highest BCUT2D eigenvalue weighted by molar-refractivity contribution is 5.77. The van der Waals surface area contributed by atoms with Crippen molar-refractivity contribution in [3.63, 3.8) is 0 Å². The monoisotopic (exact) mass is 753 g/mol. The van der Waals surface area contributed by atoms with E-state index in [-0.39, 0.29) is 48.1 Å². The van der Waals surface area contributed by atoms with E-state index in [0.717, 1.165) is 80.5 Å². The van der Waals surface area contributed by atoms with Gasteiger partial charge in [-0.05, 0) is 129 Å². The SMILES string of the molecule is CC(C)CCC[C@@H](C)[C@H]1CC[C@H]2[C@@H]3CC=C4C[C@@H](OC(=O)CCC(=O)O[C@@H]5O[C@@H]6OC7(C)CC[C@H]8[C@H](C)CC[C@@H]([C@H]5C)[C@@]68OO7)CC[C@]4(C)[C@H]3CC[C@]12C. The molecule has 1 unspecified atom stereocenters. The maximum Gasteiger partial charge on any atom is 0.308 e. The molecule has 304 valence electrons. The lowest BCUT2D eigenvalue weighted by Gasteiger charge is -2.59. The number of allylic oxidation sites excluding steroid dienone is 1. The van der Waals surface area contributed by atoms with Crippen LogP contribution in [0.15, 0.2) is 11.6 Å². The zero-order valence-electron chi connectivity index (χ0n) is 34.9. The summed E-state index contributed by atoms with van der Waals surface area (Å²) < 4.78 is 24.9. The smallest absolute Gasteiger partial charge is 0.308 e. The fraction of sp³-hybridized carbons (Fsp3) is 0.913. The molecule has 4 saturated carbocycles. The minimum atomic E-state index is -0.884. The summed E-state index contributed by atoms with van der Waals surface area (Å²) >= 11 is 0. The topological polar surface area (TPSA) is 89.5 Å². The van der Waals surface area contributed by atoms with Crippen LogP contribution in [0.2, 0.25) is 0 Å². The van der Waals surface area contributed by atoms with Crippen molar-refractivity contribution < 1.29 is 38.3 Å². The fourth-order valence-corrected chi connectivity index (χ4v) is 14.4. The van der Waals surface area contributed by atoms with Gasteiger partial charge >= 0.3 is 11.9 Å². The predicted molar refractivity (Wildman–Crippen MR) is 205 cm³/mol. The van der Waals surface area contributed by atoms with Gasteiger partial charge in [0.2, 0.25) is 12.1 Å². The first kappa shape index (κ1) is 39.4. The molecular weight excluding hydrogens is 680 g/mol. The first-order chi connectivity index (χ1) is 25.7. The van der Waals surface area contributed by atoms with E-state index in [9.17, 15) is 9.59 Å². The molecule has 16 atom stereocenters. The van der Waals surface area contributed by atoms with Gasteiger partial charge < -0.3 is 18.9 Å². The summed E-state index contributed by atoms with van der Waals surface area (Å²) in [4.78, 5) is 38.5. The molecule has 8 heteroatoms. The molecule has 5 aliphatic carbocycles. The zero-order valence-corrected chi connectivity index (χ0v) is 34.9. The third-order valence-electron chi connectivity index (χ3n) is 17.4. The van der Waals surface area contributed by atoms with Crippen LogP contribution in [-0.4, -0.2) is 42.0 Å². The van der Waals surface area contributed by atoms with Crippen LogP contribution < -0.4 is 0 Å². The molecule has 0 amide bonds. The summed E-state index contributed by atoms with van der Waals surface area (Å²) in [6, 6.07) is 0. The molecule has 8 fully saturated rings. The first-order valence-corrected chi connectivity index (χ1v) is 22.5. The quantitative estimate of drug-likeness (QED) is 0.124. The Labute approximate surface area is 325 Å². The minimum Gasteiger partial charge on any atom is -0.462 e. The molecule has 0 N–H and O–H groups in total. The van der Waals surface area contributed by atoms with Crippen molar-refractivity contribution in [2.75, 3.05) is 0 Å². The number of hydrogen-bond donors (Lipinski definition) is 0. The maximum atomic E-state index is 13.2. The van der Waals surface area contributed by atoms with E-state index >= 15 is 0 Å². The molecule has 8 nitrogen and oxygen atoms in total. The second kappa shape index (κ2) is 14.7. The van der Waals surface area contributed by atoms with Crippen molar-refractivity contribution in [3.05, 3.63) is 11.6 Å². The van der Waals surface area contributed by atoms with E-state index in [2.05, 4.69) is 54.5 Å². The Bertz CT molecular complexity index is 1440. The van der Waals surface area contributed by atoms with Crippen LogP contribution in [0.3, 0.4) is 0 Å². The number of rotatable bonds is 10. The molecule has 4 heterocycles. The van der Waals surface area contributed by atoms with E-state index < -0.39 is 29.9 Å². The third kappa shape index (κ3) is 6.65. The number of fused-ring (bicyclic) bond motifs is 7. The Balaban J connectivity index is 0.832. The molecular formula is C46H72O8. The Kier molecular flexibility index (Phi) is 10.7. The van der Waals surface area contributed by atoms with Crippen LogP contribution in [0, 0.1) is 70.0 Å². The van der Waals surface area contributed by atoms with E-state index in [1.165, 1.54) is 56.9 Å². The predicted octanol–water partition coefficient (Wildman–Crippen LogP) is 10.5. The minimum absolute atomic E-state index is 0.0106. The summed E-state index contributed by atoms with van der Waals surface area (Å²) in [6.07, 6.45) is 18.3. The summed E-state index contributed by atoms with van der Waals surface area (Å²) in [5.74, 6) is 3.91. The van der Waals surface area contributed by atoms with Gasteiger partial charge in [0.25, 0.3) is 0 Å². The summed E-state index contributed by atoms with van der Waals surface area (Å²) in [5, 5.41) is 0. The van der Waals surface area contributed by atoms with E-state index in [1.807, 2.05) is 6.92 Å². The Hall–Kier alpha value is -1.48. The number of carbonyl (C=O) groups is 2. The average molecular weight is 753 g/mol. The summed E-state index contributed by atoms with van der Waals surface area (Å²) in [7, 11) is 0. The number of ether oxygens (including phenoxy) is 4. The van der Waals surface area contributed by atoms with Gasteiger partial charge in [0.05, 0.1) is 12.8 Å². The maximum absolute atomic E-state index is 13.2. The van der Waals surface area contributed by atoms with Crippen molar-refractivity contribution in [2.45, 2.75) is 195 Å². The first-order valence-electron chi connectivity index (χ1n) is 22.5. The van der Waals surface area contributed by atoms with Gasteiger partial charge in [0.1, 0.15) is 6.10 Å². The fourth-order valence-electron chi connectivity index (χ4n) is 14.4. The van der Waals surface area contributed by atoms with Gasteiger partial charge in [0.15, 0.2) is 11.9 Å². The molecule has 4 saturated heterocycles. The van der Waals surface area contributed by atoms with Gasteiger partial charge in [-0.15, -0.1) is 0 Å². The van der Waals surface area contributed by atoms with Gasteiger partial charge in [-0.25, -0.2) is 9.78 Å². The Morgan fingerprint density at radius 2 is 1.56 bits per heavy atom. The van der Waals surface area contributed by atoms with Crippen molar-refractivity contribution >= 4 is 11.9 Å². The number of hydrogen-bond acceptors (Lipinski definition) is 8. The Morgan fingerprint density at radius 1 is 0.815 bits per heavy atom. The molecule has 0 aromatic rings. The summed E-state index contributed by atoms with van der Waals surface area (Å²) in [6.45, 7) is 18.7. The van der Waals surface area contributed by atoms with E-state index in [1.54, 1.807) is 0 Å². The highest BCUT2D eigenvalue weighted by atomic mass is 17.3. The second-order valence-electron chi connectivity index (χ2n) is 20.9. The van der Waals surface area contributed by atoms with E-state index in [4.69, 9.17) is 28.7 Å². The highest BCUT2D eigenvalue weighted by Gasteiger charge is 2.70. The molecule has 2 bridgehead atoms. The van der Waals surface area contributed by atoms with Crippen molar-refractivity contribution in [1.82, 2.24) is 0 Å². The zero-order chi connectivity index (χ0) is 38.2. The standard InChI is InChI=1S/C46H72O8/c1-27(2)10-9-11-28(3)34-16-17-37-33-14-13-31-26-32(20-23-43(31,6)38(33)21-24-44(34,37)7)49-39(47)18-19-40(48)50-41-30(5)36-15-12-29(4)35-22-25-45(8)52-42(51-41)46(35,36)54-53-45/h13,27-30,32-38,41-42H,9-12,14-26H2,1-8H3/t28-,29-,30-,32+,33+,34-,35+,36+,37+,38+,41-,42-,43+,44-,45?,46-/m1/s1. The molecule has 1 spiro atoms. The molecule has 0 radical (unpaired) electrons. The van der Waals surface area contributed by atoms with Crippen molar-refractivity contribution in [3.8, 4) is 0 Å². The van der Waals surface area contributed by atoms with E-state index in [0.29, 0.717) is 11.3 Å². The molecule has 0 aromatic carbocycles. The molecule has 9 rings (SSSR count). The van der Waals surface area contributed by atoms with Crippen LogP contribution in [0.25, 0.3) is 0 Å². The lowest BCUT2D eigenvalue weighted by Crippen LogP contribution is -2.70. The molecule has 4 aliphatic heterocycles. The average Bonchev–Trinajstić information content (AvgIpc) is 3.32. The van der Waals surface area contributed by atoms with Crippen molar-refractivity contribution in [1.29, 1.82) is 0 Å². The number of carbonyl (C=O) groups excluding carboxylic acids is 2. The van der Waals surface area contributed by atoms with Crippen LogP contribution in [-0.2, 0) is 38.3 Å². The lowest BCUT2D eigenvalue weighted by atomic mass is 9.47. The summed E-state index contributed by atoms with van der Waals surface area (Å²) in [5.41, 5.74) is 1.51. The van der Waals surface area contributed by atoms with Gasteiger partial charge in [0, 0.05) is 24.7 Å². The normalized spacial score (nSPS) is 48.4. The van der Waals surface area contributed by atoms with Crippen LogP contribution >= 0.6 is 0 Å². The van der Waals surface area contributed by atoms with Gasteiger partial charge in [-0.2, -0.15) is 0 Å². The van der Waals surface area contributed by atoms with Crippen LogP contribution in [0.5, 0.6) is 0 Å². The largest absolute Gasteiger partial charge is 0.462 e. The van der Waals surface area contributed by atoms with Crippen LogP contribution in [0.1, 0.15) is 165 Å². The molecule has 0 aromatic heterocycles. The Morgan fingerprint density at radius 3 is 2.33 bits per heavy atom. The molecule has 9 aliphatic rings. The second-order valence-corrected chi connectivity index (χ2v) is 20.9. The molecule has 54 heavy (non-hydrogen) atoms.